The number of hydrogen-bond donors (Lipinski definition) is 2. The first-order chi connectivity index (χ1) is 9.17. The molecule has 5 heteroatoms. The van der Waals surface area contributed by atoms with Gasteiger partial charge in [-0.05, 0) is 53.2 Å². The van der Waals surface area contributed by atoms with Crippen molar-refractivity contribution in [3.8, 4) is 0 Å². The van der Waals surface area contributed by atoms with Crippen LogP contribution < -0.4 is 10.6 Å². The quantitative estimate of drug-likeness (QED) is 0.365. The van der Waals surface area contributed by atoms with Crippen LogP contribution in [0.25, 0.3) is 0 Å². The van der Waals surface area contributed by atoms with Crippen LogP contribution in [-0.4, -0.2) is 24.1 Å². The number of nitrogens with zero attached hydrogens (tertiary/aromatic N) is 2. The Labute approximate surface area is 122 Å². The molecule has 0 bridgehead atoms. The summed E-state index contributed by atoms with van der Waals surface area (Å²) in [4.78, 5) is 2.34. The lowest BCUT2D eigenvalue weighted by Gasteiger charge is -2.27. The lowest BCUT2D eigenvalue weighted by molar-refractivity contribution is 0.318. The highest BCUT2D eigenvalue weighted by Gasteiger charge is 2.26. The summed E-state index contributed by atoms with van der Waals surface area (Å²) in [6, 6.07) is 5.94. The van der Waals surface area contributed by atoms with E-state index in [0.717, 1.165) is 41.2 Å². The molecule has 1 saturated carbocycles. The highest BCUT2D eigenvalue weighted by Crippen LogP contribution is 2.34. The summed E-state index contributed by atoms with van der Waals surface area (Å²) in [6.45, 7) is 4.20. The second-order valence-electron chi connectivity index (χ2n) is 5.01. The van der Waals surface area contributed by atoms with Crippen molar-refractivity contribution in [3.63, 3.8) is 0 Å². The summed E-state index contributed by atoms with van der Waals surface area (Å²) in [5.74, 6) is 0.949. The molecule has 0 saturated heterocycles. The van der Waals surface area contributed by atoms with E-state index in [2.05, 4.69) is 32.9 Å². The zero-order valence-electron chi connectivity index (χ0n) is 11.1. The molecule has 0 radical (unpaired) electrons. The van der Waals surface area contributed by atoms with E-state index in [9.17, 15) is 0 Å². The highest BCUT2D eigenvalue weighted by atomic mass is 79.9. The Hall–Kier alpha value is -1.23. The SMILES string of the molecule is CCCN(CC1CC1)c1cccc(Br)c1/C(N)=N/O. The Morgan fingerprint density at radius 1 is 1.53 bits per heavy atom. The Balaban J connectivity index is 2.36. The molecule has 1 fully saturated rings. The van der Waals surface area contributed by atoms with Gasteiger partial charge in [-0.25, -0.2) is 0 Å². The van der Waals surface area contributed by atoms with Gasteiger partial charge in [-0.1, -0.05) is 18.1 Å². The fourth-order valence-electron chi connectivity index (χ4n) is 2.27. The van der Waals surface area contributed by atoms with Gasteiger partial charge in [0, 0.05) is 23.2 Å². The largest absolute Gasteiger partial charge is 0.409 e. The van der Waals surface area contributed by atoms with Crippen molar-refractivity contribution in [1.29, 1.82) is 0 Å². The lowest BCUT2D eigenvalue weighted by atomic mass is 10.1. The van der Waals surface area contributed by atoms with Crippen LogP contribution in [0.2, 0.25) is 0 Å². The van der Waals surface area contributed by atoms with Crippen LogP contribution >= 0.6 is 15.9 Å². The summed E-state index contributed by atoms with van der Waals surface area (Å²) in [6.07, 6.45) is 3.70. The molecule has 0 heterocycles. The molecule has 104 valence electrons. The molecule has 0 aromatic heterocycles. The van der Waals surface area contributed by atoms with E-state index in [1.54, 1.807) is 0 Å². The van der Waals surface area contributed by atoms with Gasteiger partial charge in [0.25, 0.3) is 0 Å². The number of amidine groups is 1. The Kier molecular flexibility index (Phi) is 4.69. The molecule has 1 aromatic rings. The highest BCUT2D eigenvalue weighted by molar-refractivity contribution is 9.10. The molecule has 1 aliphatic rings. The standard InChI is InChI=1S/C14H20BrN3O/c1-2-8-18(9-10-6-7-10)12-5-3-4-11(15)13(12)14(16)17-19/h3-5,10,19H,2,6-9H2,1H3,(H2,16,17). The smallest absolute Gasteiger partial charge is 0.173 e. The van der Waals surface area contributed by atoms with Crippen LogP contribution in [0.1, 0.15) is 31.7 Å². The molecule has 0 atom stereocenters. The molecule has 19 heavy (non-hydrogen) atoms. The first-order valence-corrected chi connectivity index (χ1v) is 7.48. The minimum Gasteiger partial charge on any atom is -0.409 e. The number of oxime groups is 1. The number of anilines is 1. The monoisotopic (exact) mass is 325 g/mol. The molecule has 1 aromatic carbocycles. The zero-order valence-corrected chi connectivity index (χ0v) is 12.7. The third-order valence-electron chi connectivity index (χ3n) is 3.37. The fourth-order valence-corrected chi connectivity index (χ4v) is 2.83. The van der Waals surface area contributed by atoms with Crippen molar-refractivity contribution in [2.24, 2.45) is 16.8 Å². The average Bonchev–Trinajstić information content (AvgIpc) is 3.21. The zero-order chi connectivity index (χ0) is 13.8. The minimum absolute atomic E-state index is 0.152. The third-order valence-corrected chi connectivity index (χ3v) is 4.03. The van der Waals surface area contributed by atoms with Gasteiger partial charge in [0.15, 0.2) is 5.84 Å². The molecule has 0 amide bonds. The minimum atomic E-state index is 0.152. The van der Waals surface area contributed by atoms with E-state index in [-0.39, 0.29) is 5.84 Å². The number of halogens is 1. The van der Waals surface area contributed by atoms with Crippen LogP contribution in [-0.2, 0) is 0 Å². The first kappa shape index (κ1) is 14.2. The second kappa shape index (κ2) is 6.28. The van der Waals surface area contributed by atoms with Gasteiger partial charge in [0.2, 0.25) is 0 Å². The molecule has 1 aliphatic carbocycles. The van der Waals surface area contributed by atoms with Gasteiger partial charge in [-0.15, -0.1) is 0 Å². The molecule has 0 aliphatic heterocycles. The van der Waals surface area contributed by atoms with Crippen molar-refractivity contribution in [2.45, 2.75) is 26.2 Å². The van der Waals surface area contributed by atoms with Gasteiger partial charge in [0.05, 0.1) is 5.56 Å². The van der Waals surface area contributed by atoms with Crippen LogP contribution in [0, 0.1) is 5.92 Å². The van der Waals surface area contributed by atoms with E-state index in [4.69, 9.17) is 10.9 Å². The summed E-state index contributed by atoms with van der Waals surface area (Å²) >= 11 is 3.49. The molecule has 3 N–H and O–H groups in total. The van der Waals surface area contributed by atoms with Gasteiger partial charge >= 0.3 is 0 Å². The molecular weight excluding hydrogens is 306 g/mol. The van der Waals surface area contributed by atoms with Crippen molar-refractivity contribution in [2.75, 3.05) is 18.0 Å². The van der Waals surface area contributed by atoms with E-state index in [1.165, 1.54) is 12.8 Å². The number of nitrogens with two attached hydrogens (primary N) is 1. The van der Waals surface area contributed by atoms with Gasteiger partial charge in [-0.2, -0.15) is 0 Å². The van der Waals surface area contributed by atoms with Gasteiger partial charge in [0.1, 0.15) is 0 Å². The molecule has 4 nitrogen and oxygen atoms in total. The lowest BCUT2D eigenvalue weighted by Crippen LogP contribution is -2.29. The Morgan fingerprint density at radius 3 is 2.84 bits per heavy atom. The van der Waals surface area contributed by atoms with E-state index < -0.39 is 0 Å². The normalized spacial score (nSPS) is 15.6. The number of rotatable bonds is 6. The maximum absolute atomic E-state index is 8.97. The van der Waals surface area contributed by atoms with Crippen molar-refractivity contribution in [1.82, 2.24) is 0 Å². The topological polar surface area (TPSA) is 61.8 Å². The van der Waals surface area contributed by atoms with E-state index >= 15 is 0 Å². The van der Waals surface area contributed by atoms with Gasteiger partial charge < -0.3 is 15.8 Å². The van der Waals surface area contributed by atoms with Crippen LogP contribution in [0.3, 0.4) is 0 Å². The number of hydrogen-bond acceptors (Lipinski definition) is 3. The summed E-state index contributed by atoms with van der Waals surface area (Å²) in [7, 11) is 0. The maximum atomic E-state index is 8.97. The second-order valence-corrected chi connectivity index (χ2v) is 5.86. The van der Waals surface area contributed by atoms with Crippen molar-refractivity contribution in [3.05, 3.63) is 28.2 Å². The van der Waals surface area contributed by atoms with Crippen LogP contribution in [0.15, 0.2) is 27.8 Å². The number of benzene rings is 1. The van der Waals surface area contributed by atoms with Gasteiger partial charge in [-0.3, -0.25) is 0 Å². The fraction of sp³-hybridized carbons (Fsp3) is 0.500. The Morgan fingerprint density at radius 2 is 2.26 bits per heavy atom. The van der Waals surface area contributed by atoms with Crippen LogP contribution in [0.4, 0.5) is 5.69 Å². The molecule has 2 rings (SSSR count). The summed E-state index contributed by atoms with van der Waals surface area (Å²) in [5, 5.41) is 12.1. The van der Waals surface area contributed by atoms with E-state index in [1.807, 2.05) is 18.2 Å². The van der Waals surface area contributed by atoms with Crippen molar-refractivity contribution >= 4 is 27.5 Å². The Bertz CT molecular complexity index is 472. The van der Waals surface area contributed by atoms with Crippen molar-refractivity contribution < 1.29 is 5.21 Å². The van der Waals surface area contributed by atoms with E-state index in [0.29, 0.717) is 0 Å². The predicted molar refractivity (Wildman–Crippen MR) is 81.9 cm³/mol. The summed E-state index contributed by atoms with van der Waals surface area (Å²) < 4.78 is 0.859. The predicted octanol–water partition coefficient (Wildman–Crippen LogP) is 3.17. The van der Waals surface area contributed by atoms with Crippen LogP contribution in [0.5, 0.6) is 0 Å². The summed E-state index contributed by atoms with van der Waals surface area (Å²) in [5.41, 5.74) is 7.64. The third kappa shape index (κ3) is 3.41. The molecule has 0 spiro atoms. The first-order valence-electron chi connectivity index (χ1n) is 6.68. The maximum Gasteiger partial charge on any atom is 0.173 e. The molecular formula is C14H20BrN3O. The molecule has 0 unspecified atom stereocenters. The average molecular weight is 326 g/mol.